The number of aliphatic hydroxyl groups is 1. The maximum atomic E-state index is 14.1. The molecule has 5 nitrogen and oxygen atoms in total. The summed E-state index contributed by atoms with van der Waals surface area (Å²) in [6.45, 7) is 3.15. The molecule has 0 unspecified atom stereocenters. The molecule has 3 fully saturated rings. The predicted octanol–water partition coefficient (Wildman–Crippen LogP) is 8.11. The van der Waals surface area contributed by atoms with Crippen molar-refractivity contribution in [3.05, 3.63) is 64.8 Å². The first kappa shape index (κ1) is 28.4. The Bertz CT molecular complexity index is 1330. The molecular formula is C35H44N2O3S. The molecule has 1 heterocycles. The number of methoxy groups -OCH3 is 1. The number of benzene rings is 2. The van der Waals surface area contributed by atoms with Crippen molar-refractivity contribution < 1.29 is 14.6 Å². The van der Waals surface area contributed by atoms with E-state index in [0.29, 0.717) is 23.7 Å². The van der Waals surface area contributed by atoms with Gasteiger partial charge in [-0.25, -0.2) is 4.98 Å². The molecule has 1 N–H and O–H groups in total. The largest absolute Gasteiger partial charge is 0.496 e. The summed E-state index contributed by atoms with van der Waals surface area (Å²) in [4.78, 5) is 22.2. The summed E-state index contributed by atoms with van der Waals surface area (Å²) in [5, 5.41) is 10.9. The van der Waals surface area contributed by atoms with E-state index in [1.54, 1.807) is 7.11 Å². The summed E-state index contributed by atoms with van der Waals surface area (Å²) < 4.78 is 5.47. The fourth-order valence-electron chi connectivity index (χ4n) is 6.99. The van der Waals surface area contributed by atoms with Gasteiger partial charge in [-0.05, 0) is 124 Å². The van der Waals surface area contributed by atoms with Gasteiger partial charge in [0.1, 0.15) is 5.75 Å². The number of ether oxygens (including phenoxy) is 1. The van der Waals surface area contributed by atoms with Gasteiger partial charge in [-0.3, -0.25) is 4.79 Å². The van der Waals surface area contributed by atoms with E-state index in [1.807, 2.05) is 17.5 Å². The van der Waals surface area contributed by atoms with Crippen LogP contribution in [0.25, 0.3) is 10.4 Å². The molecule has 0 radical (unpaired) electrons. The molecule has 0 aliphatic heterocycles. The first-order valence-electron chi connectivity index (χ1n) is 15.6. The van der Waals surface area contributed by atoms with Gasteiger partial charge in [0.05, 0.1) is 17.0 Å². The molecule has 1 amide bonds. The molecule has 6 rings (SSSR count). The molecule has 1 aromatic heterocycles. The lowest BCUT2D eigenvalue weighted by Gasteiger charge is -2.36. The molecule has 6 heteroatoms. The van der Waals surface area contributed by atoms with Crippen molar-refractivity contribution in [3.8, 4) is 16.2 Å². The van der Waals surface area contributed by atoms with Crippen molar-refractivity contribution in [2.24, 2.45) is 17.8 Å². The quantitative estimate of drug-likeness (QED) is 0.281. The molecule has 3 aliphatic rings. The molecule has 0 atom stereocenters. The number of rotatable bonds is 9. The lowest BCUT2D eigenvalue weighted by atomic mass is 9.77. The van der Waals surface area contributed by atoms with Gasteiger partial charge in [0.25, 0.3) is 0 Å². The SMILES string of the molecule is COc1ccc([C@H]2CC[C@H](CN(c3cccc(-c4cnc(C5CC5)s4)c3)C(=O)[C@H]3CC[C@H](CO)CC3)CC2)cc1C. The smallest absolute Gasteiger partial charge is 0.230 e. The lowest BCUT2D eigenvalue weighted by Crippen LogP contribution is -2.41. The van der Waals surface area contributed by atoms with Crippen molar-refractivity contribution >= 4 is 22.9 Å². The molecule has 2 aromatic carbocycles. The van der Waals surface area contributed by atoms with Crippen LogP contribution in [0.15, 0.2) is 48.7 Å². The minimum absolute atomic E-state index is 0.0462. The van der Waals surface area contributed by atoms with E-state index in [2.05, 4.69) is 54.3 Å². The maximum absolute atomic E-state index is 14.1. The number of hydrogen-bond donors (Lipinski definition) is 1. The first-order valence-corrected chi connectivity index (χ1v) is 16.5. The Balaban J connectivity index is 1.19. The van der Waals surface area contributed by atoms with Gasteiger partial charge in [-0.15, -0.1) is 11.3 Å². The van der Waals surface area contributed by atoms with Crippen molar-refractivity contribution in [1.29, 1.82) is 0 Å². The molecule has 0 spiro atoms. The number of anilines is 1. The van der Waals surface area contributed by atoms with Gasteiger partial charge in [0, 0.05) is 36.9 Å². The van der Waals surface area contributed by atoms with E-state index >= 15 is 0 Å². The topological polar surface area (TPSA) is 62.7 Å². The number of aliphatic hydroxyl groups excluding tert-OH is 1. The van der Waals surface area contributed by atoms with Crippen LogP contribution >= 0.6 is 11.3 Å². The summed E-state index contributed by atoms with van der Waals surface area (Å²) in [7, 11) is 1.73. The van der Waals surface area contributed by atoms with Crippen LogP contribution in [-0.4, -0.2) is 36.3 Å². The number of carbonyl (C=O) groups excluding carboxylic acids is 1. The molecule has 0 bridgehead atoms. The van der Waals surface area contributed by atoms with E-state index in [0.717, 1.165) is 74.9 Å². The third-order valence-corrected chi connectivity index (χ3v) is 11.0. The van der Waals surface area contributed by atoms with Gasteiger partial charge in [0.2, 0.25) is 5.91 Å². The van der Waals surface area contributed by atoms with Crippen molar-refractivity contribution in [3.63, 3.8) is 0 Å². The standard InChI is InChI=1S/C35H44N2O3S/c1-23-18-29(16-17-32(23)40-2)26-10-6-24(7-11-26)21-37(35(39)28-12-8-25(22-38)9-13-28)31-5-3-4-30(19-31)33-20-36-34(41-33)27-14-15-27/h3-5,16-20,24-28,38H,6-15,21-22H2,1-2H3/t24-,25-,26-,28-. The summed E-state index contributed by atoms with van der Waals surface area (Å²) in [6.07, 6.45) is 12.8. The minimum Gasteiger partial charge on any atom is -0.496 e. The van der Waals surface area contributed by atoms with Crippen LogP contribution < -0.4 is 9.64 Å². The summed E-state index contributed by atoms with van der Waals surface area (Å²) >= 11 is 1.81. The van der Waals surface area contributed by atoms with Crippen molar-refractivity contribution in [1.82, 2.24) is 4.98 Å². The monoisotopic (exact) mass is 572 g/mol. The van der Waals surface area contributed by atoms with Crippen LogP contribution in [0.5, 0.6) is 5.75 Å². The Morgan fingerprint density at radius 3 is 2.37 bits per heavy atom. The normalized spacial score (nSPS) is 24.7. The number of nitrogens with zero attached hydrogens (tertiary/aromatic N) is 2. The van der Waals surface area contributed by atoms with Gasteiger partial charge >= 0.3 is 0 Å². The van der Waals surface area contributed by atoms with E-state index in [9.17, 15) is 9.90 Å². The third kappa shape index (κ3) is 6.54. The average Bonchev–Trinajstić information content (AvgIpc) is 3.75. The highest BCUT2D eigenvalue weighted by Crippen LogP contribution is 2.44. The van der Waals surface area contributed by atoms with Crippen LogP contribution in [0.3, 0.4) is 0 Å². The Labute approximate surface area is 249 Å². The highest BCUT2D eigenvalue weighted by Gasteiger charge is 2.33. The molecule has 41 heavy (non-hydrogen) atoms. The lowest BCUT2D eigenvalue weighted by molar-refractivity contribution is -0.123. The zero-order chi connectivity index (χ0) is 28.3. The number of carbonyl (C=O) groups is 1. The molecular weight excluding hydrogens is 528 g/mol. The zero-order valence-corrected chi connectivity index (χ0v) is 25.4. The number of hydrogen-bond acceptors (Lipinski definition) is 5. The Morgan fingerprint density at radius 2 is 1.68 bits per heavy atom. The van der Waals surface area contributed by atoms with Crippen molar-refractivity contribution in [2.75, 3.05) is 25.2 Å². The van der Waals surface area contributed by atoms with Crippen LogP contribution in [0.1, 0.15) is 92.2 Å². The van der Waals surface area contributed by atoms with Gasteiger partial charge < -0.3 is 14.7 Å². The summed E-state index contributed by atoms with van der Waals surface area (Å²) in [5.41, 5.74) is 4.79. The van der Waals surface area contributed by atoms with Crippen molar-refractivity contribution in [2.45, 2.75) is 83.0 Å². The molecule has 3 aliphatic carbocycles. The predicted molar refractivity (Wildman–Crippen MR) is 167 cm³/mol. The Morgan fingerprint density at radius 1 is 0.951 bits per heavy atom. The number of aromatic nitrogens is 1. The van der Waals surface area contributed by atoms with Crippen LogP contribution in [0, 0.1) is 24.7 Å². The summed E-state index contributed by atoms with van der Waals surface area (Å²) in [5.74, 6) is 3.34. The van der Waals surface area contributed by atoms with Gasteiger partial charge in [-0.1, -0.05) is 24.3 Å². The molecule has 3 aromatic rings. The van der Waals surface area contributed by atoms with E-state index < -0.39 is 0 Å². The first-order chi connectivity index (χ1) is 20.0. The molecule has 218 valence electrons. The fraction of sp³-hybridized carbons (Fsp3) is 0.543. The second-order valence-electron chi connectivity index (χ2n) is 12.7. The van der Waals surface area contributed by atoms with E-state index in [4.69, 9.17) is 9.72 Å². The minimum atomic E-state index is 0.0462. The van der Waals surface area contributed by atoms with Crippen LogP contribution in [-0.2, 0) is 4.79 Å². The van der Waals surface area contributed by atoms with E-state index in [1.165, 1.54) is 33.9 Å². The number of thiazole rings is 1. The van der Waals surface area contributed by atoms with Crippen LogP contribution in [0.2, 0.25) is 0 Å². The molecule has 0 saturated heterocycles. The van der Waals surface area contributed by atoms with Gasteiger partial charge in [-0.2, -0.15) is 0 Å². The number of aryl methyl sites for hydroxylation is 1. The Hall–Kier alpha value is -2.70. The summed E-state index contributed by atoms with van der Waals surface area (Å²) in [6, 6.07) is 15.2. The average molecular weight is 573 g/mol. The van der Waals surface area contributed by atoms with Gasteiger partial charge in [0.15, 0.2) is 0 Å². The van der Waals surface area contributed by atoms with E-state index in [-0.39, 0.29) is 18.4 Å². The highest BCUT2D eigenvalue weighted by atomic mass is 32.1. The van der Waals surface area contributed by atoms with Crippen LogP contribution in [0.4, 0.5) is 5.69 Å². The second-order valence-corrected chi connectivity index (χ2v) is 13.7. The fourth-order valence-corrected chi connectivity index (χ4v) is 8.08. The highest BCUT2D eigenvalue weighted by molar-refractivity contribution is 7.15. The Kier molecular flexibility index (Phi) is 8.78. The maximum Gasteiger partial charge on any atom is 0.230 e. The number of amides is 1. The zero-order valence-electron chi connectivity index (χ0n) is 24.6. The second kappa shape index (κ2) is 12.7. The molecule has 3 saturated carbocycles. The third-order valence-electron chi connectivity index (χ3n) is 9.79.